The van der Waals surface area contributed by atoms with Crippen molar-refractivity contribution in [3.63, 3.8) is 0 Å². The standard InChI is InChI=1S/C12H12N4O2/c1-7(17)9-4-3-5-10(6-9)14-12(18)11-13-8(2)15-16-11/h3-6H,1-2H3,(H,14,18)(H,13,15,16). The number of aromatic amines is 1. The van der Waals surface area contributed by atoms with E-state index in [1.165, 1.54) is 6.92 Å². The van der Waals surface area contributed by atoms with E-state index >= 15 is 0 Å². The van der Waals surface area contributed by atoms with E-state index in [0.29, 0.717) is 17.1 Å². The molecule has 6 nitrogen and oxygen atoms in total. The van der Waals surface area contributed by atoms with Gasteiger partial charge in [-0.15, -0.1) is 5.10 Å². The number of benzene rings is 1. The summed E-state index contributed by atoms with van der Waals surface area (Å²) < 4.78 is 0. The first-order chi connectivity index (χ1) is 8.56. The van der Waals surface area contributed by atoms with Crippen LogP contribution in [-0.2, 0) is 0 Å². The first-order valence-corrected chi connectivity index (χ1v) is 5.37. The second-order valence-corrected chi connectivity index (χ2v) is 3.84. The maximum absolute atomic E-state index is 11.8. The Bertz CT molecular complexity index is 604. The molecule has 0 radical (unpaired) electrons. The Kier molecular flexibility index (Phi) is 3.18. The SMILES string of the molecule is CC(=O)c1cccc(NC(=O)c2n[nH]c(C)n2)c1. The minimum absolute atomic E-state index is 0.0557. The number of aromatic nitrogens is 3. The maximum atomic E-state index is 11.8. The number of carbonyl (C=O) groups is 2. The van der Waals surface area contributed by atoms with Gasteiger partial charge < -0.3 is 5.32 Å². The molecule has 0 spiro atoms. The van der Waals surface area contributed by atoms with Gasteiger partial charge in [-0.2, -0.15) is 0 Å². The Balaban J connectivity index is 2.16. The lowest BCUT2D eigenvalue weighted by Crippen LogP contribution is -2.14. The van der Waals surface area contributed by atoms with E-state index in [1.807, 2.05) is 0 Å². The van der Waals surface area contributed by atoms with Gasteiger partial charge in [0.15, 0.2) is 5.78 Å². The molecule has 1 aromatic carbocycles. The van der Waals surface area contributed by atoms with Crippen LogP contribution in [-0.4, -0.2) is 26.9 Å². The van der Waals surface area contributed by atoms with Gasteiger partial charge in [0.25, 0.3) is 5.91 Å². The van der Waals surface area contributed by atoms with Gasteiger partial charge in [0.2, 0.25) is 5.82 Å². The van der Waals surface area contributed by atoms with E-state index in [1.54, 1.807) is 31.2 Å². The zero-order valence-corrected chi connectivity index (χ0v) is 10.0. The predicted molar refractivity (Wildman–Crippen MR) is 65.5 cm³/mol. The summed E-state index contributed by atoms with van der Waals surface area (Å²) in [5, 5.41) is 8.97. The molecule has 0 saturated carbocycles. The summed E-state index contributed by atoms with van der Waals surface area (Å²) in [6.45, 7) is 3.18. The molecule has 1 heterocycles. The van der Waals surface area contributed by atoms with Crippen molar-refractivity contribution in [3.05, 3.63) is 41.5 Å². The van der Waals surface area contributed by atoms with E-state index in [4.69, 9.17) is 0 Å². The Morgan fingerprint density at radius 2 is 2.11 bits per heavy atom. The van der Waals surface area contributed by atoms with Gasteiger partial charge in [-0.05, 0) is 26.0 Å². The average molecular weight is 244 g/mol. The molecule has 0 aliphatic heterocycles. The number of aryl methyl sites for hydroxylation is 1. The number of Topliss-reactive ketones (excluding diaryl/α,β-unsaturated/α-hetero) is 1. The maximum Gasteiger partial charge on any atom is 0.295 e. The first-order valence-electron chi connectivity index (χ1n) is 5.37. The number of H-pyrrole nitrogens is 1. The number of anilines is 1. The number of carbonyl (C=O) groups excluding carboxylic acids is 2. The third-order valence-electron chi connectivity index (χ3n) is 2.33. The second kappa shape index (κ2) is 4.79. The molecule has 0 aliphatic rings. The molecule has 2 rings (SSSR count). The van der Waals surface area contributed by atoms with Gasteiger partial charge in [0.05, 0.1) is 0 Å². The van der Waals surface area contributed by atoms with E-state index in [-0.39, 0.29) is 11.6 Å². The minimum atomic E-state index is -0.417. The molecular formula is C12H12N4O2. The highest BCUT2D eigenvalue weighted by molar-refractivity contribution is 6.02. The number of hydrogen-bond acceptors (Lipinski definition) is 4. The smallest absolute Gasteiger partial charge is 0.295 e. The highest BCUT2D eigenvalue weighted by Crippen LogP contribution is 2.11. The van der Waals surface area contributed by atoms with E-state index in [9.17, 15) is 9.59 Å². The number of nitrogens with zero attached hydrogens (tertiary/aromatic N) is 2. The molecule has 1 aromatic heterocycles. The fourth-order valence-corrected chi connectivity index (χ4v) is 1.45. The molecule has 6 heteroatoms. The summed E-state index contributed by atoms with van der Waals surface area (Å²) in [4.78, 5) is 26.9. The van der Waals surface area contributed by atoms with Crippen LogP contribution in [0.1, 0.15) is 33.7 Å². The van der Waals surface area contributed by atoms with Gasteiger partial charge >= 0.3 is 0 Å². The van der Waals surface area contributed by atoms with Crippen LogP contribution in [0.3, 0.4) is 0 Å². The fraction of sp³-hybridized carbons (Fsp3) is 0.167. The molecule has 0 fully saturated rings. The van der Waals surface area contributed by atoms with Gasteiger partial charge in [0.1, 0.15) is 5.82 Å². The molecule has 92 valence electrons. The monoisotopic (exact) mass is 244 g/mol. The molecule has 2 aromatic rings. The van der Waals surface area contributed by atoms with Crippen LogP contribution in [0.25, 0.3) is 0 Å². The molecule has 0 aliphatic carbocycles. The van der Waals surface area contributed by atoms with Crippen molar-refractivity contribution in [1.82, 2.24) is 15.2 Å². The predicted octanol–water partition coefficient (Wildman–Crippen LogP) is 1.57. The lowest BCUT2D eigenvalue weighted by Gasteiger charge is -2.03. The highest BCUT2D eigenvalue weighted by Gasteiger charge is 2.11. The van der Waals surface area contributed by atoms with Crippen molar-refractivity contribution in [3.8, 4) is 0 Å². The molecule has 2 N–H and O–H groups in total. The zero-order chi connectivity index (χ0) is 13.1. The van der Waals surface area contributed by atoms with E-state index in [2.05, 4.69) is 20.5 Å². The Morgan fingerprint density at radius 1 is 1.33 bits per heavy atom. The summed E-state index contributed by atoms with van der Waals surface area (Å²) in [7, 11) is 0. The zero-order valence-electron chi connectivity index (χ0n) is 10.0. The van der Waals surface area contributed by atoms with Gasteiger partial charge in [-0.1, -0.05) is 12.1 Å². The topological polar surface area (TPSA) is 87.7 Å². The van der Waals surface area contributed by atoms with Crippen molar-refractivity contribution in [1.29, 1.82) is 0 Å². The Labute approximate surface area is 103 Å². The molecule has 1 amide bonds. The minimum Gasteiger partial charge on any atom is -0.319 e. The third kappa shape index (κ3) is 2.60. The van der Waals surface area contributed by atoms with E-state index in [0.717, 1.165) is 0 Å². The van der Waals surface area contributed by atoms with E-state index < -0.39 is 5.91 Å². The lowest BCUT2D eigenvalue weighted by molar-refractivity contribution is 0.100. The summed E-state index contributed by atoms with van der Waals surface area (Å²) in [6.07, 6.45) is 0. The van der Waals surface area contributed by atoms with Crippen molar-refractivity contribution < 1.29 is 9.59 Å². The van der Waals surface area contributed by atoms with Gasteiger partial charge in [0, 0.05) is 11.3 Å². The highest BCUT2D eigenvalue weighted by atomic mass is 16.2. The number of amides is 1. The summed E-state index contributed by atoms with van der Waals surface area (Å²) in [6, 6.07) is 6.70. The number of nitrogens with one attached hydrogen (secondary N) is 2. The largest absolute Gasteiger partial charge is 0.319 e. The number of ketones is 1. The van der Waals surface area contributed by atoms with Crippen molar-refractivity contribution >= 4 is 17.4 Å². The summed E-state index contributed by atoms with van der Waals surface area (Å²) in [5.41, 5.74) is 1.08. The molecule has 0 atom stereocenters. The summed E-state index contributed by atoms with van der Waals surface area (Å²) in [5.74, 6) is 0.165. The van der Waals surface area contributed by atoms with Crippen molar-refractivity contribution in [2.45, 2.75) is 13.8 Å². The molecule has 0 bridgehead atoms. The Hall–Kier alpha value is -2.50. The Morgan fingerprint density at radius 3 is 2.72 bits per heavy atom. The number of rotatable bonds is 3. The van der Waals surface area contributed by atoms with Gasteiger partial charge in [-0.3, -0.25) is 14.7 Å². The first kappa shape index (κ1) is 12.0. The van der Waals surface area contributed by atoms with Crippen molar-refractivity contribution in [2.24, 2.45) is 0 Å². The van der Waals surface area contributed by atoms with Crippen LogP contribution >= 0.6 is 0 Å². The second-order valence-electron chi connectivity index (χ2n) is 3.84. The fourth-order valence-electron chi connectivity index (χ4n) is 1.45. The molecule has 0 saturated heterocycles. The lowest BCUT2D eigenvalue weighted by atomic mass is 10.1. The quantitative estimate of drug-likeness (QED) is 0.802. The summed E-state index contributed by atoms with van der Waals surface area (Å²) >= 11 is 0. The van der Waals surface area contributed by atoms with Crippen LogP contribution in [0.15, 0.2) is 24.3 Å². The molecule has 18 heavy (non-hydrogen) atoms. The molecule has 0 unspecified atom stereocenters. The van der Waals surface area contributed by atoms with Crippen LogP contribution in [0.5, 0.6) is 0 Å². The van der Waals surface area contributed by atoms with Crippen molar-refractivity contribution in [2.75, 3.05) is 5.32 Å². The van der Waals surface area contributed by atoms with Gasteiger partial charge in [-0.25, -0.2) is 4.98 Å². The van der Waals surface area contributed by atoms with Crippen LogP contribution in [0.4, 0.5) is 5.69 Å². The molecular weight excluding hydrogens is 232 g/mol. The van der Waals surface area contributed by atoms with Crippen LogP contribution in [0.2, 0.25) is 0 Å². The number of hydrogen-bond donors (Lipinski definition) is 2. The van der Waals surface area contributed by atoms with Crippen LogP contribution < -0.4 is 5.32 Å². The normalized spacial score (nSPS) is 10.1. The van der Waals surface area contributed by atoms with Crippen LogP contribution in [0, 0.1) is 6.92 Å². The third-order valence-corrected chi connectivity index (χ3v) is 2.33. The average Bonchev–Trinajstić information content (AvgIpc) is 2.76.